The minimum Gasteiger partial charge on any atom is -0.203 e. The van der Waals surface area contributed by atoms with Crippen LogP contribution in [0.25, 0.3) is 0 Å². The monoisotopic (exact) mass is 237 g/mol. The van der Waals surface area contributed by atoms with Gasteiger partial charge in [-0.1, -0.05) is 61.7 Å². The standard InChI is InChI=1S/C15H15N3/c1-4-9-13(5-2)15(17-18(3)12-16)14-10-7-6-8-11-14/h4-11H,1-2H2,3H3/b13-9+,17-15-. The average molecular weight is 237 g/mol. The topological polar surface area (TPSA) is 39.4 Å². The maximum Gasteiger partial charge on any atom is 0.201 e. The molecule has 0 N–H and O–H groups in total. The maximum atomic E-state index is 8.82. The van der Waals surface area contributed by atoms with E-state index >= 15 is 0 Å². The van der Waals surface area contributed by atoms with Crippen molar-refractivity contribution in [1.82, 2.24) is 5.01 Å². The van der Waals surface area contributed by atoms with Crippen LogP contribution in [0.2, 0.25) is 0 Å². The van der Waals surface area contributed by atoms with Crippen LogP contribution in [-0.2, 0) is 0 Å². The molecule has 0 aliphatic carbocycles. The highest BCUT2D eigenvalue weighted by molar-refractivity contribution is 6.14. The Kier molecular flexibility index (Phi) is 5.14. The summed E-state index contributed by atoms with van der Waals surface area (Å²) >= 11 is 0. The predicted octanol–water partition coefficient (Wildman–Crippen LogP) is 3.10. The summed E-state index contributed by atoms with van der Waals surface area (Å²) in [6, 6.07) is 9.65. The third kappa shape index (κ3) is 3.46. The summed E-state index contributed by atoms with van der Waals surface area (Å²) in [5.74, 6) is 0. The highest BCUT2D eigenvalue weighted by atomic mass is 15.4. The van der Waals surface area contributed by atoms with Gasteiger partial charge in [-0.3, -0.25) is 0 Å². The van der Waals surface area contributed by atoms with Gasteiger partial charge in [0.15, 0.2) is 0 Å². The quantitative estimate of drug-likeness (QED) is 0.259. The van der Waals surface area contributed by atoms with Gasteiger partial charge in [0.2, 0.25) is 6.19 Å². The van der Waals surface area contributed by atoms with Crippen molar-refractivity contribution in [3.63, 3.8) is 0 Å². The number of hydrogen-bond donors (Lipinski definition) is 0. The molecule has 1 aromatic carbocycles. The second kappa shape index (κ2) is 6.87. The van der Waals surface area contributed by atoms with E-state index in [2.05, 4.69) is 18.3 Å². The first-order valence-electron chi connectivity index (χ1n) is 5.46. The Morgan fingerprint density at radius 2 is 2.00 bits per heavy atom. The molecule has 0 fully saturated rings. The minimum atomic E-state index is 0.689. The third-order valence-corrected chi connectivity index (χ3v) is 2.23. The Labute approximate surface area is 108 Å². The van der Waals surface area contributed by atoms with Gasteiger partial charge in [-0.15, -0.1) is 0 Å². The number of hydrazone groups is 1. The van der Waals surface area contributed by atoms with Crippen LogP contribution in [0.15, 0.2) is 72.4 Å². The molecule has 0 atom stereocenters. The van der Waals surface area contributed by atoms with E-state index in [0.29, 0.717) is 5.71 Å². The van der Waals surface area contributed by atoms with Gasteiger partial charge in [0.05, 0.1) is 5.71 Å². The highest BCUT2D eigenvalue weighted by Gasteiger charge is 2.07. The van der Waals surface area contributed by atoms with E-state index in [1.54, 1.807) is 19.2 Å². The number of benzene rings is 1. The second-order valence-electron chi connectivity index (χ2n) is 3.50. The lowest BCUT2D eigenvalue weighted by molar-refractivity contribution is 0.511. The lowest BCUT2D eigenvalue weighted by Gasteiger charge is -2.10. The summed E-state index contributed by atoms with van der Waals surface area (Å²) in [4.78, 5) is 0. The Morgan fingerprint density at radius 3 is 2.50 bits per heavy atom. The zero-order valence-corrected chi connectivity index (χ0v) is 10.4. The van der Waals surface area contributed by atoms with Crippen LogP contribution in [0, 0.1) is 11.5 Å². The highest BCUT2D eigenvalue weighted by Crippen LogP contribution is 2.11. The summed E-state index contributed by atoms with van der Waals surface area (Å²) in [6.07, 6.45) is 7.12. The van der Waals surface area contributed by atoms with Crippen molar-refractivity contribution >= 4 is 5.71 Å². The minimum absolute atomic E-state index is 0.689. The Bertz CT molecular complexity index is 518. The first-order chi connectivity index (χ1) is 8.72. The molecule has 0 aliphatic heterocycles. The number of hydrogen-bond acceptors (Lipinski definition) is 3. The Hall–Kier alpha value is -2.60. The molecule has 18 heavy (non-hydrogen) atoms. The Balaban J connectivity index is 3.32. The summed E-state index contributed by atoms with van der Waals surface area (Å²) in [6.45, 7) is 7.43. The van der Waals surface area contributed by atoms with Gasteiger partial charge in [-0.05, 0) is 0 Å². The zero-order valence-electron chi connectivity index (χ0n) is 10.4. The van der Waals surface area contributed by atoms with Crippen molar-refractivity contribution < 1.29 is 0 Å². The van der Waals surface area contributed by atoms with Gasteiger partial charge in [-0.25, -0.2) is 5.01 Å². The van der Waals surface area contributed by atoms with Crippen LogP contribution < -0.4 is 0 Å². The van der Waals surface area contributed by atoms with Gasteiger partial charge in [0, 0.05) is 18.2 Å². The van der Waals surface area contributed by atoms with Gasteiger partial charge in [0.1, 0.15) is 0 Å². The van der Waals surface area contributed by atoms with Crippen molar-refractivity contribution in [2.45, 2.75) is 0 Å². The molecule has 90 valence electrons. The summed E-state index contributed by atoms with van der Waals surface area (Å²) in [5.41, 5.74) is 2.43. The van der Waals surface area contributed by atoms with E-state index in [9.17, 15) is 0 Å². The number of allylic oxidation sites excluding steroid dienone is 4. The average Bonchev–Trinajstić information content (AvgIpc) is 2.43. The molecule has 0 aliphatic rings. The molecular formula is C15H15N3. The molecule has 0 bridgehead atoms. The van der Waals surface area contributed by atoms with Crippen LogP contribution in [0.1, 0.15) is 5.56 Å². The summed E-state index contributed by atoms with van der Waals surface area (Å²) < 4.78 is 0. The van der Waals surface area contributed by atoms with Crippen LogP contribution in [0.5, 0.6) is 0 Å². The van der Waals surface area contributed by atoms with Crippen molar-refractivity contribution in [3.05, 3.63) is 72.9 Å². The summed E-state index contributed by atoms with van der Waals surface area (Å²) in [5, 5.41) is 14.3. The van der Waals surface area contributed by atoms with E-state index in [0.717, 1.165) is 11.1 Å². The van der Waals surface area contributed by atoms with Crippen molar-refractivity contribution in [3.8, 4) is 6.19 Å². The summed E-state index contributed by atoms with van der Waals surface area (Å²) in [7, 11) is 1.59. The van der Waals surface area contributed by atoms with Crippen LogP contribution in [0.4, 0.5) is 0 Å². The normalized spacial score (nSPS) is 11.6. The first kappa shape index (κ1) is 13.5. The molecule has 0 spiro atoms. The number of nitrogens with zero attached hydrogens (tertiary/aromatic N) is 3. The number of rotatable bonds is 5. The van der Waals surface area contributed by atoms with Crippen molar-refractivity contribution in [2.75, 3.05) is 7.05 Å². The van der Waals surface area contributed by atoms with Gasteiger partial charge in [0.25, 0.3) is 0 Å². The van der Waals surface area contributed by atoms with Gasteiger partial charge in [-0.2, -0.15) is 10.4 Å². The first-order valence-corrected chi connectivity index (χ1v) is 5.46. The fraction of sp³-hybridized carbons (Fsp3) is 0.0667. The molecule has 0 aromatic heterocycles. The number of nitriles is 1. The smallest absolute Gasteiger partial charge is 0.201 e. The molecule has 0 heterocycles. The maximum absolute atomic E-state index is 8.82. The van der Waals surface area contributed by atoms with Crippen molar-refractivity contribution in [1.29, 1.82) is 5.26 Å². The van der Waals surface area contributed by atoms with E-state index in [4.69, 9.17) is 5.26 Å². The largest absolute Gasteiger partial charge is 0.203 e. The zero-order chi connectivity index (χ0) is 13.4. The van der Waals surface area contributed by atoms with Gasteiger partial charge < -0.3 is 0 Å². The molecule has 1 aromatic rings. The van der Waals surface area contributed by atoms with Crippen LogP contribution >= 0.6 is 0 Å². The SMILES string of the molecule is C=C/C=C(C=C)/C(=N/N(C)C#N)c1ccccc1. The Morgan fingerprint density at radius 1 is 1.33 bits per heavy atom. The van der Waals surface area contributed by atoms with E-state index in [-0.39, 0.29) is 0 Å². The molecule has 0 amide bonds. The molecular weight excluding hydrogens is 222 g/mol. The van der Waals surface area contributed by atoms with E-state index < -0.39 is 0 Å². The van der Waals surface area contributed by atoms with E-state index in [1.807, 2.05) is 42.6 Å². The predicted molar refractivity (Wildman–Crippen MR) is 74.8 cm³/mol. The van der Waals surface area contributed by atoms with Crippen molar-refractivity contribution in [2.24, 2.45) is 5.10 Å². The molecule has 3 nitrogen and oxygen atoms in total. The lowest BCUT2D eigenvalue weighted by Crippen LogP contribution is -2.11. The van der Waals surface area contributed by atoms with E-state index in [1.165, 1.54) is 5.01 Å². The van der Waals surface area contributed by atoms with Gasteiger partial charge >= 0.3 is 0 Å². The lowest BCUT2D eigenvalue weighted by atomic mass is 10.0. The molecule has 0 saturated heterocycles. The molecule has 0 radical (unpaired) electrons. The second-order valence-corrected chi connectivity index (χ2v) is 3.50. The molecule has 0 unspecified atom stereocenters. The fourth-order valence-corrected chi connectivity index (χ4v) is 1.42. The van der Waals surface area contributed by atoms with Crippen LogP contribution in [-0.4, -0.2) is 17.8 Å². The third-order valence-electron chi connectivity index (χ3n) is 2.23. The fourth-order valence-electron chi connectivity index (χ4n) is 1.42. The molecule has 1 rings (SSSR count). The molecule has 0 saturated carbocycles. The van der Waals surface area contributed by atoms with Crippen LogP contribution in [0.3, 0.4) is 0 Å². The molecule has 3 heteroatoms.